The van der Waals surface area contributed by atoms with Crippen LogP contribution in [-0.2, 0) is 13.2 Å². The van der Waals surface area contributed by atoms with E-state index in [1.807, 2.05) is 6.07 Å². The second-order valence-electron chi connectivity index (χ2n) is 3.95. The first-order chi connectivity index (χ1) is 7.33. The Morgan fingerprint density at radius 2 is 2.33 bits per heavy atom. The minimum absolute atomic E-state index is 0.118. The molecule has 0 unspecified atom stereocenters. The number of aliphatic hydroxyl groups excluding tert-OH is 1. The summed E-state index contributed by atoms with van der Waals surface area (Å²) in [6.45, 7) is 6.46. The van der Waals surface area contributed by atoms with Gasteiger partial charge >= 0.3 is 0 Å². The Kier molecular flexibility index (Phi) is 3.23. The smallest absolute Gasteiger partial charge is 0.0682 e. The largest absolute Gasteiger partial charge is 0.392 e. The standard InChI is InChI=1S/C12H18N2O/c1-2-14-6-5-13-12-7-10(9-15)3-4-11(12)8-14/h3-4,7,13,15H,2,5-6,8-9H2,1H3. The highest BCUT2D eigenvalue weighted by Gasteiger charge is 2.12. The van der Waals surface area contributed by atoms with Gasteiger partial charge in [-0.25, -0.2) is 0 Å². The summed E-state index contributed by atoms with van der Waals surface area (Å²) >= 11 is 0. The van der Waals surface area contributed by atoms with Gasteiger partial charge in [0.1, 0.15) is 0 Å². The lowest BCUT2D eigenvalue weighted by Gasteiger charge is -2.16. The van der Waals surface area contributed by atoms with Crippen molar-refractivity contribution in [1.82, 2.24) is 4.90 Å². The quantitative estimate of drug-likeness (QED) is 0.768. The molecule has 0 atom stereocenters. The van der Waals surface area contributed by atoms with E-state index < -0.39 is 0 Å². The molecule has 1 aliphatic rings. The Labute approximate surface area is 90.7 Å². The summed E-state index contributed by atoms with van der Waals surface area (Å²) in [7, 11) is 0. The van der Waals surface area contributed by atoms with Gasteiger partial charge in [0.15, 0.2) is 0 Å². The molecule has 0 bridgehead atoms. The maximum Gasteiger partial charge on any atom is 0.0682 e. The predicted octanol–water partition coefficient (Wildman–Crippen LogP) is 1.43. The first-order valence-corrected chi connectivity index (χ1v) is 5.52. The number of anilines is 1. The highest BCUT2D eigenvalue weighted by atomic mass is 16.3. The number of nitrogens with one attached hydrogen (secondary N) is 1. The zero-order chi connectivity index (χ0) is 10.7. The number of aliphatic hydroxyl groups is 1. The Bertz CT molecular complexity index is 338. The van der Waals surface area contributed by atoms with Gasteiger partial charge in [-0.3, -0.25) is 4.90 Å². The van der Waals surface area contributed by atoms with Crippen LogP contribution >= 0.6 is 0 Å². The molecule has 0 saturated carbocycles. The fraction of sp³-hybridized carbons (Fsp3) is 0.500. The van der Waals surface area contributed by atoms with Gasteiger partial charge in [-0.05, 0) is 23.7 Å². The van der Waals surface area contributed by atoms with Gasteiger partial charge < -0.3 is 10.4 Å². The molecule has 15 heavy (non-hydrogen) atoms. The highest BCUT2D eigenvalue weighted by molar-refractivity contribution is 5.53. The topological polar surface area (TPSA) is 35.5 Å². The summed E-state index contributed by atoms with van der Waals surface area (Å²) in [4.78, 5) is 2.41. The highest BCUT2D eigenvalue weighted by Crippen LogP contribution is 2.21. The number of fused-ring (bicyclic) bond motifs is 1. The van der Waals surface area contributed by atoms with Gasteiger partial charge in [0.25, 0.3) is 0 Å². The number of hydrogen-bond donors (Lipinski definition) is 2. The van der Waals surface area contributed by atoms with Gasteiger partial charge in [0.2, 0.25) is 0 Å². The Balaban J connectivity index is 2.25. The van der Waals surface area contributed by atoms with Gasteiger partial charge in [-0.2, -0.15) is 0 Å². The number of benzene rings is 1. The maximum atomic E-state index is 9.07. The molecule has 3 nitrogen and oxygen atoms in total. The molecule has 0 spiro atoms. The average Bonchev–Trinajstić information content (AvgIpc) is 2.49. The van der Waals surface area contributed by atoms with Crippen LogP contribution in [0.15, 0.2) is 18.2 Å². The van der Waals surface area contributed by atoms with E-state index in [1.54, 1.807) is 0 Å². The van der Waals surface area contributed by atoms with E-state index in [4.69, 9.17) is 5.11 Å². The lowest BCUT2D eigenvalue weighted by atomic mass is 10.1. The molecule has 0 aromatic heterocycles. The molecule has 1 aromatic rings. The molecule has 82 valence electrons. The summed E-state index contributed by atoms with van der Waals surface area (Å²) in [6.07, 6.45) is 0. The van der Waals surface area contributed by atoms with Crippen LogP contribution in [0.1, 0.15) is 18.1 Å². The number of hydrogen-bond acceptors (Lipinski definition) is 3. The Morgan fingerprint density at radius 1 is 1.47 bits per heavy atom. The molecule has 1 aromatic carbocycles. The minimum atomic E-state index is 0.118. The lowest BCUT2D eigenvalue weighted by molar-refractivity contribution is 0.281. The predicted molar refractivity (Wildman–Crippen MR) is 61.8 cm³/mol. The summed E-state index contributed by atoms with van der Waals surface area (Å²) in [5, 5.41) is 12.5. The third kappa shape index (κ3) is 2.30. The van der Waals surface area contributed by atoms with Crippen molar-refractivity contribution in [3.8, 4) is 0 Å². The number of nitrogens with zero attached hydrogens (tertiary/aromatic N) is 1. The van der Waals surface area contributed by atoms with Crippen molar-refractivity contribution in [2.24, 2.45) is 0 Å². The maximum absolute atomic E-state index is 9.07. The first kappa shape index (κ1) is 10.5. The van der Waals surface area contributed by atoms with Crippen molar-refractivity contribution in [3.05, 3.63) is 29.3 Å². The van der Waals surface area contributed by atoms with E-state index in [-0.39, 0.29) is 6.61 Å². The Hall–Kier alpha value is -1.06. The van der Waals surface area contributed by atoms with Gasteiger partial charge in [0.05, 0.1) is 6.61 Å². The molecule has 0 amide bonds. The lowest BCUT2D eigenvalue weighted by Crippen LogP contribution is -2.25. The van der Waals surface area contributed by atoms with Crippen LogP contribution in [0.4, 0.5) is 5.69 Å². The molecule has 1 heterocycles. The fourth-order valence-electron chi connectivity index (χ4n) is 1.96. The average molecular weight is 206 g/mol. The molecular weight excluding hydrogens is 188 g/mol. The normalized spacial score (nSPS) is 16.7. The molecule has 0 aliphatic carbocycles. The molecule has 2 N–H and O–H groups in total. The molecule has 3 heteroatoms. The SMILES string of the molecule is CCN1CCNc2cc(CO)ccc2C1. The molecular formula is C12H18N2O. The van der Waals surface area contributed by atoms with Crippen LogP contribution in [0.2, 0.25) is 0 Å². The van der Waals surface area contributed by atoms with Crippen molar-refractivity contribution < 1.29 is 5.11 Å². The van der Waals surface area contributed by atoms with Gasteiger partial charge in [-0.15, -0.1) is 0 Å². The van der Waals surface area contributed by atoms with E-state index in [2.05, 4.69) is 29.3 Å². The molecule has 1 aliphatic heterocycles. The second kappa shape index (κ2) is 4.64. The summed E-state index contributed by atoms with van der Waals surface area (Å²) in [5.41, 5.74) is 3.48. The van der Waals surface area contributed by atoms with E-state index >= 15 is 0 Å². The van der Waals surface area contributed by atoms with E-state index in [1.165, 1.54) is 11.3 Å². The van der Waals surface area contributed by atoms with Gasteiger partial charge in [-0.1, -0.05) is 19.1 Å². The van der Waals surface area contributed by atoms with Crippen molar-refractivity contribution in [2.75, 3.05) is 25.0 Å². The monoisotopic (exact) mass is 206 g/mol. The minimum Gasteiger partial charge on any atom is -0.392 e. The van der Waals surface area contributed by atoms with Crippen molar-refractivity contribution in [2.45, 2.75) is 20.1 Å². The summed E-state index contributed by atoms with van der Waals surface area (Å²) in [6, 6.07) is 6.16. The van der Waals surface area contributed by atoms with E-state index in [0.29, 0.717) is 0 Å². The van der Waals surface area contributed by atoms with Crippen LogP contribution in [0.3, 0.4) is 0 Å². The van der Waals surface area contributed by atoms with E-state index in [9.17, 15) is 0 Å². The van der Waals surface area contributed by atoms with Crippen LogP contribution in [-0.4, -0.2) is 29.6 Å². The zero-order valence-electron chi connectivity index (χ0n) is 9.16. The van der Waals surface area contributed by atoms with Crippen LogP contribution in [0, 0.1) is 0 Å². The van der Waals surface area contributed by atoms with Crippen molar-refractivity contribution >= 4 is 5.69 Å². The second-order valence-corrected chi connectivity index (χ2v) is 3.95. The zero-order valence-corrected chi connectivity index (χ0v) is 9.16. The third-order valence-electron chi connectivity index (χ3n) is 2.94. The molecule has 0 saturated heterocycles. The van der Waals surface area contributed by atoms with E-state index in [0.717, 1.165) is 31.7 Å². The molecule has 2 rings (SSSR count). The fourth-order valence-corrected chi connectivity index (χ4v) is 1.96. The molecule has 0 fully saturated rings. The van der Waals surface area contributed by atoms with Crippen molar-refractivity contribution in [3.63, 3.8) is 0 Å². The van der Waals surface area contributed by atoms with Crippen LogP contribution in [0.5, 0.6) is 0 Å². The van der Waals surface area contributed by atoms with Crippen molar-refractivity contribution in [1.29, 1.82) is 0 Å². The Morgan fingerprint density at radius 3 is 3.07 bits per heavy atom. The summed E-state index contributed by atoms with van der Waals surface area (Å²) in [5.74, 6) is 0. The van der Waals surface area contributed by atoms with Crippen LogP contribution < -0.4 is 5.32 Å². The molecule has 0 radical (unpaired) electrons. The third-order valence-corrected chi connectivity index (χ3v) is 2.94. The summed E-state index contributed by atoms with van der Waals surface area (Å²) < 4.78 is 0. The van der Waals surface area contributed by atoms with Gasteiger partial charge in [0, 0.05) is 25.3 Å². The number of rotatable bonds is 2. The number of likely N-dealkylation sites (N-methyl/N-ethyl adjacent to an activating group) is 1. The first-order valence-electron chi connectivity index (χ1n) is 5.52. The van der Waals surface area contributed by atoms with Crippen LogP contribution in [0.25, 0.3) is 0 Å².